The summed E-state index contributed by atoms with van der Waals surface area (Å²) in [4.78, 5) is 36.7. The third kappa shape index (κ3) is 4.27. The van der Waals surface area contributed by atoms with Crippen LogP contribution in [0.25, 0.3) is 0 Å². The molecule has 3 aromatic rings. The van der Waals surface area contributed by atoms with Gasteiger partial charge in [-0.05, 0) is 24.3 Å². The maximum atomic E-state index is 12.8. The van der Waals surface area contributed by atoms with Gasteiger partial charge in [0.05, 0.1) is 11.3 Å². The van der Waals surface area contributed by atoms with E-state index in [1.165, 1.54) is 13.0 Å². The van der Waals surface area contributed by atoms with Gasteiger partial charge in [0.25, 0.3) is 5.91 Å². The molecule has 5 heteroatoms. The highest BCUT2D eigenvalue weighted by Crippen LogP contribution is 2.23. The van der Waals surface area contributed by atoms with Gasteiger partial charge in [0.2, 0.25) is 0 Å². The number of ketones is 1. The van der Waals surface area contributed by atoms with Crippen molar-refractivity contribution in [3.8, 4) is 5.75 Å². The summed E-state index contributed by atoms with van der Waals surface area (Å²) >= 11 is 0. The lowest BCUT2D eigenvalue weighted by molar-refractivity contribution is -0.131. The summed E-state index contributed by atoms with van der Waals surface area (Å²) in [5, 5.41) is 2.74. The molecule has 5 nitrogen and oxygen atoms in total. The van der Waals surface area contributed by atoms with Gasteiger partial charge in [-0.15, -0.1) is 0 Å². The van der Waals surface area contributed by atoms with Gasteiger partial charge < -0.3 is 10.1 Å². The molecule has 0 bridgehead atoms. The maximum absolute atomic E-state index is 12.8. The summed E-state index contributed by atoms with van der Waals surface area (Å²) in [6.07, 6.45) is 0. The lowest BCUT2D eigenvalue weighted by Crippen LogP contribution is -2.17. The first kappa shape index (κ1) is 18.1. The molecule has 0 saturated carbocycles. The highest BCUT2D eigenvalue weighted by molar-refractivity contribution is 6.15. The topological polar surface area (TPSA) is 72.5 Å². The van der Waals surface area contributed by atoms with Crippen molar-refractivity contribution in [1.29, 1.82) is 0 Å². The number of rotatable bonds is 5. The van der Waals surface area contributed by atoms with Crippen LogP contribution >= 0.6 is 0 Å². The molecular formula is C22H17NO4. The maximum Gasteiger partial charge on any atom is 0.308 e. The van der Waals surface area contributed by atoms with Crippen LogP contribution in [0.5, 0.6) is 5.75 Å². The molecule has 0 aliphatic rings. The molecule has 3 aromatic carbocycles. The minimum absolute atomic E-state index is 0.161. The molecule has 1 N–H and O–H groups in total. The van der Waals surface area contributed by atoms with Crippen molar-refractivity contribution in [1.82, 2.24) is 0 Å². The average Bonchev–Trinajstić information content (AvgIpc) is 2.68. The second-order valence-electron chi connectivity index (χ2n) is 5.78. The minimum atomic E-state index is -0.519. The van der Waals surface area contributed by atoms with Crippen LogP contribution in [-0.4, -0.2) is 17.7 Å². The molecule has 0 heterocycles. The SMILES string of the molecule is CC(=O)Oc1ccccc1C(=O)Nc1ccccc1C(=O)c1ccccc1. The van der Waals surface area contributed by atoms with E-state index >= 15 is 0 Å². The Morgan fingerprint density at radius 1 is 0.741 bits per heavy atom. The molecular weight excluding hydrogens is 342 g/mol. The first-order chi connectivity index (χ1) is 13.1. The zero-order valence-corrected chi connectivity index (χ0v) is 14.6. The van der Waals surface area contributed by atoms with Gasteiger partial charge >= 0.3 is 5.97 Å². The quantitative estimate of drug-likeness (QED) is 0.423. The normalized spacial score (nSPS) is 10.1. The number of hydrogen-bond acceptors (Lipinski definition) is 4. The largest absolute Gasteiger partial charge is 0.426 e. The van der Waals surface area contributed by atoms with E-state index in [0.29, 0.717) is 16.8 Å². The summed E-state index contributed by atoms with van der Waals surface area (Å²) in [5.41, 5.74) is 1.49. The summed E-state index contributed by atoms with van der Waals surface area (Å²) in [7, 11) is 0. The Morgan fingerprint density at radius 2 is 1.33 bits per heavy atom. The fraction of sp³-hybridized carbons (Fsp3) is 0.0455. The number of hydrogen-bond donors (Lipinski definition) is 1. The molecule has 0 aliphatic heterocycles. The standard InChI is InChI=1S/C22H17NO4/c1-15(24)27-20-14-8-6-12-18(20)22(26)23-19-13-7-5-11-17(19)21(25)16-9-3-2-4-10-16/h2-14H,1H3,(H,23,26). The second-order valence-corrected chi connectivity index (χ2v) is 5.78. The minimum Gasteiger partial charge on any atom is -0.426 e. The van der Waals surface area contributed by atoms with E-state index in [9.17, 15) is 14.4 Å². The van der Waals surface area contributed by atoms with E-state index in [2.05, 4.69) is 5.32 Å². The van der Waals surface area contributed by atoms with Gasteiger partial charge in [-0.2, -0.15) is 0 Å². The number of anilines is 1. The summed E-state index contributed by atoms with van der Waals surface area (Å²) in [6.45, 7) is 1.27. The zero-order chi connectivity index (χ0) is 19.2. The van der Waals surface area contributed by atoms with Crippen LogP contribution in [0.2, 0.25) is 0 Å². The Morgan fingerprint density at radius 3 is 2.04 bits per heavy atom. The molecule has 3 rings (SSSR count). The molecule has 0 fully saturated rings. The van der Waals surface area contributed by atoms with Crippen molar-refractivity contribution in [2.24, 2.45) is 0 Å². The Kier molecular flexibility index (Phi) is 5.42. The molecule has 27 heavy (non-hydrogen) atoms. The lowest BCUT2D eigenvalue weighted by atomic mass is 10.0. The number of nitrogens with one attached hydrogen (secondary N) is 1. The highest BCUT2D eigenvalue weighted by Gasteiger charge is 2.18. The van der Waals surface area contributed by atoms with E-state index in [4.69, 9.17) is 4.74 Å². The van der Waals surface area contributed by atoms with E-state index in [-0.39, 0.29) is 17.1 Å². The van der Waals surface area contributed by atoms with E-state index < -0.39 is 11.9 Å². The van der Waals surface area contributed by atoms with E-state index in [1.807, 2.05) is 6.07 Å². The Balaban J connectivity index is 1.90. The number of benzene rings is 3. The lowest BCUT2D eigenvalue weighted by Gasteiger charge is -2.12. The Labute approximate surface area is 156 Å². The first-order valence-corrected chi connectivity index (χ1v) is 8.34. The molecule has 1 amide bonds. The molecule has 0 radical (unpaired) electrons. The van der Waals surface area contributed by atoms with Crippen LogP contribution in [0.3, 0.4) is 0 Å². The number of para-hydroxylation sites is 2. The number of carbonyl (C=O) groups excluding carboxylic acids is 3. The summed E-state index contributed by atoms with van der Waals surface area (Å²) < 4.78 is 5.08. The van der Waals surface area contributed by atoms with Gasteiger partial charge in [-0.1, -0.05) is 54.6 Å². The number of carbonyl (C=O) groups is 3. The highest BCUT2D eigenvalue weighted by atomic mass is 16.5. The van der Waals surface area contributed by atoms with Crippen molar-refractivity contribution in [3.05, 3.63) is 95.6 Å². The third-order valence-electron chi connectivity index (χ3n) is 3.84. The van der Waals surface area contributed by atoms with Crippen molar-refractivity contribution in [2.75, 3.05) is 5.32 Å². The fourth-order valence-electron chi connectivity index (χ4n) is 2.62. The van der Waals surface area contributed by atoms with E-state index in [0.717, 1.165) is 0 Å². The van der Waals surface area contributed by atoms with Crippen LogP contribution in [0.1, 0.15) is 33.2 Å². The van der Waals surface area contributed by atoms with Gasteiger partial charge in [0, 0.05) is 18.1 Å². The summed E-state index contributed by atoms with van der Waals surface area (Å²) in [5.74, 6) is -1.02. The molecule has 0 aliphatic carbocycles. The third-order valence-corrected chi connectivity index (χ3v) is 3.84. The predicted molar refractivity (Wildman–Crippen MR) is 102 cm³/mol. The monoisotopic (exact) mass is 359 g/mol. The molecule has 0 atom stereocenters. The number of ether oxygens (including phenoxy) is 1. The van der Waals surface area contributed by atoms with Crippen molar-refractivity contribution < 1.29 is 19.1 Å². The predicted octanol–water partition coefficient (Wildman–Crippen LogP) is 4.10. The average molecular weight is 359 g/mol. The van der Waals surface area contributed by atoms with Crippen molar-refractivity contribution >= 4 is 23.3 Å². The van der Waals surface area contributed by atoms with Gasteiger partial charge in [-0.3, -0.25) is 14.4 Å². The van der Waals surface area contributed by atoms with Crippen LogP contribution in [-0.2, 0) is 4.79 Å². The smallest absolute Gasteiger partial charge is 0.308 e. The van der Waals surface area contributed by atoms with Crippen molar-refractivity contribution in [2.45, 2.75) is 6.92 Å². The molecule has 0 spiro atoms. The van der Waals surface area contributed by atoms with Crippen molar-refractivity contribution in [3.63, 3.8) is 0 Å². The van der Waals surface area contributed by atoms with Crippen LogP contribution in [0.15, 0.2) is 78.9 Å². The van der Waals surface area contributed by atoms with Crippen LogP contribution in [0, 0.1) is 0 Å². The molecule has 0 unspecified atom stereocenters. The number of amides is 1. The first-order valence-electron chi connectivity index (χ1n) is 8.34. The number of esters is 1. The Hall–Kier alpha value is -3.73. The van der Waals surface area contributed by atoms with Gasteiger partial charge in [0.1, 0.15) is 5.75 Å². The zero-order valence-electron chi connectivity index (χ0n) is 14.6. The molecule has 0 saturated heterocycles. The fourth-order valence-corrected chi connectivity index (χ4v) is 2.62. The second kappa shape index (κ2) is 8.10. The van der Waals surface area contributed by atoms with Gasteiger partial charge in [0.15, 0.2) is 5.78 Å². The van der Waals surface area contributed by atoms with Gasteiger partial charge in [-0.25, -0.2) is 0 Å². The van der Waals surface area contributed by atoms with Crippen LogP contribution < -0.4 is 10.1 Å². The molecule has 0 aromatic heterocycles. The van der Waals surface area contributed by atoms with E-state index in [1.54, 1.807) is 66.7 Å². The summed E-state index contributed by atoms with van der Waals surface area (Å²) in [6, 6.07) is 22.0. The Bertz CT molecular complexity index is 996. The van der Waals surface area contributed by atoms with Crippen LogP contribution in [0.4, 0.5) is 5.69 Å². The molecule has 134 valence electrons.